The average molecular weight is 201 g/mol. The molecule has 1 rings (SSSR count). The van der Waals surface area contributed by atoms with E-state index < -0.39 is 5.97 Å². The first kappa shape index (κ1) is 10.6. The number of oxime groups is 1. The third-order valence-corrected chi connectivity index (χ3v) is 2.41. The van der Waals surface area contributed by atoms with Crippen molar-refractivity contribution in [2.45, 2.75) is 19.3 Å². The minimum atomic E-state index is -0.795. The van der Waals surface area contributed by atoms with E-state index >= 15 is 0 Å². The Kier molecular flexibility index (Phi) is 3.55. The number of hydrogen-bond donors (Lipinski definition) is 3. The van der Waals surface area contributed by atoms with E-state index in [1.54, 1.807) is 4.90 Å². The second-order valence-electron chi connectivity index (χ2n) is 3.51. The molecular weight excluding hydrogens is 186 g/mol. The highest BCUT2D eigenvalue weighted by Gasteiger charge is 2.23. The molecule has 0 aliphatic carbocycles. The lowest BCUT2D eigenvalue weighted by atomic mass is 9.95. The number of piperidine rings is 1. The lowest BCUT2D eigenvalue weighted by Crippen LogP contribution is -2.44. The van der Waals surface area contributed by atoms with Crippen LogP contribution in [0.4, 0.5) is 0 Å². The summed E-state index contributed by atoms with van der Waals surface area (Å²) in [4.78, 5) is 12.2. The van der Waals surface area contributed by atoms with Crippen molar-refractivity contribution >= 4 is 11.9 Å². The Morgan fingerprint density at radius 1 is 1.64 bits per heavy atom. The van der Waals surface area contributed by atoms with Crippen LogP contribution in [0.2, 0.25) is 0 Å². The average Bonchev–Trinajstić information content (AvgIpc) is 2.16. The quantitative estimate of drug-likeness (QED) is 0.250. The summed E-state index contributed by atoms with van der Waals surface area (Å²) in [7, 11) is 0. The molecule has 1 fully saturated rings. The van der Waals surface area contributed by atoms with Gasteiger partial charge in [-0.25, -0.2) is 0 Å². The van der Waals surface area contributed by atoms with Crippen molar-refractivity contribution in [1.82, 2.24) is 4.90 Å². The van der Waals surface area contributed by atoms with Gasteiger partial charge in [-0.3, -0.25) is 4.79 Å². The summed E-state index contributed by atoms with van der Waals surface area (Å²) >= 11 is 0. The third-order valence-electron chi connectivity index (χ3n) is 2.41. The highest BCUT2D eigenvalue weighted by atomic mass is 16.4. The fourth-order valence-corrected chi connectivity index (χ4v) is 1.75. The number of nitrogens with two attached hydrogens (primary N) is 1. The molecule has 0 aromatic heterocycles. The number of nitrogens with zero attached hydrogens (tertiary/aromatic N) is 2. The van der Waals surface area contributed by atoms with Crippen molar-refractivity contribution in [2.24, 2.45) is 16.8 Å². The minimum absolute atomic E-state index is 0.0695. The number of rotatable bonds is 2. The molecule has 0 aromatic rings. The number of likely N-dealkylation sites (tertiary alicyclic amines) is 1. The van der Waals surface area contributed by atoms with Crippen LogP contribution in [-0.4, -0.2) is 40.2 Å². The highest BCUT2D eigenvalue weighted by molar-refractivity contribution is 5.77. The molecule has 14 heavy (non-hydrogen) atoms. The Labute approximate surface area is 82.0 Å². The lowest BCUT2D eigenvalue weighted by molar-refractivity contribution is -0.138. The zero-order valence-corrected chi connectivity index (χ0v) is 7.89. The van der Waals surface area contributed by atoms with Crippen LogP contribution < -0.4 is 5.73 Å². The number of carbonyl (C=O) groups is 1. The first-order chi connectivity index (χ1) is 6.63. The summed E-state index contributed by atoms with van der Waals surface area (Å²) in [6.45, 7) is 1.29. The number of carboxylic acids is 1. The summed E-state index contributed by atoms with van der Waals surface area (Å²) in [6.07, 6.45) is 1.92. The van der Waals surface area contributed by atoms with Crippen molar-refractivity contribution in [3.8, 4) is 0 Å². The number of guanidine groups is 1. The molecule has 0 saturated carbocycles. The fraction of sp³-hybridized carbons (Fsp3) is 0.750. The van der Waals surface area contributed by atoms with E-state index in [4.69, 9.17) is 16.0 Å². The van der Waals surface area contributed by atoms with Crippen molar-refractivity contribution in [2.75, 3.05) is 13.1 Å². The van der Waals surface area contributed by atoms with Gasteiger partial charge in [0.25, 0.3) is 0 Å². The van der Waals surface area contributed by atoms with E-state index in [2.05, 4.69) is 5.16 Å². The minimum Gasteiger partial charge on any atom is -0.481 e. The van der Waals surface area contributed by atoms with Gasteiger partial charge in [0.05, 0.1) is 0 Å². The maximum atomic E-state index is 10.5. The molecule has 1 unspecified atom stereocenters. The van der Waals surface area contributed by atoms with Crippen LogP contribution in [-0.2, 0) is 4.79 Å². The summed E-state index contributed by atoms with van der Waals surface area (Å²) < 4.78 is 0. The normalized spacial score (nSPS) is 23.6. The Morgan fingerprint density at radius 2 is 2.36 bits per heavy atom. The summed E-state index contributed by atoms with van der Waals surface area (Å²) in [5.74, 6) is -0.627. The van der Waals surface area contributed by atoms with Gasteiger partial charge < -0.3 is 20.9 Å². The van der Waals surface area contributed by atoms with E-state index in [0.717, 1.165) is 19.4 Å². The standard InChI is InChI=1S/C8H15N3O3/c9-8(10-14)11-3-1-2-6(5-11)4-7(12)13/h6,14H,1-5H2,(H2,9,10)(H,12,13). The third kappa shape index (κ3) is 2.79. The topological polar surface area (TPSA) is 99.2 Å². The summed E-state index contributed by atoms with van der Waals surface area (Å²) in [5, 5.41) is 20.0. The smallest absolute Gasteiger partial charge is 0.303 e. The molecule has 1 aliphatic heterocycles. The number of carboxylic acid groups (broad SMARTS) is 1. The maximum absolute atomic E-state index is 10.5. The van der Waals surface area contributed by atoms with Gasteiger partial charge in [-0.1, -0.05) is 5.16 Å². The monoisotopic (exact) mass is 201 g/mol. The van der Waals surface area contributed by atoms with Crippen molar-refractivity contribution in [3.05, 3.63) is 0 Å². The van der Waals surface area contributed by atoms with Crippen LogP contribution in [0.1, 0.15) is 19.3 Å². The molecular formula is C8H15N3O3. The van der Waals surface area contributed by atoms with Crippen molar-refractivity contribution < 1.29 is 15.1 Å². The molecule has 4 N–H and O–H groups in total. The highest BCUT2D eigenvalue weighted by Crippen LogP contribution is 2.19. The molecule has 0 aromatic carbocycles. The second-order valence-corrected chi connectivity index (χ2v) is 3.51. The molecule has 0 bridgehead atoms. The first-order valence-corrected chi connectivity index (χ1v) is 4.57. The van der Waals surface area contributed by atoms with E-state index in [-0.39, 0.29) is 18.3 Å². The fourth-order valence-electron chi connectivity index (χ4n) is 1.75. The second kappa shape index (κ2) is 4.69. The van der Waals surface area contributed by atoms with E-state index in [0.29, 0.717) is 6.54 Å². The molecule has 0 radical (unpaired) electrons. The van der Waals surface area contributed by atoms with Gasteiger partial charge in [0.15, 0.2) is 0 Å². The van der Waals surface area contributed by atoms with Crippen molar-refractivity contribution in [1.29, 1.82) is 0 Å². The molecule has 1 heterocycles. The van der Waals surface area contributed by atoms with E-state index in [1.165, 1.54) is 0 Å². The molecule has 6 heteroatoms. The molecule has 1 saturated heterocycles. The van der Waals surface area contributed by atoms with Crippen LogP contribution >= 0.6 is 0 Å². The zero-order chi connectivity index (χ0) is 10.6. The van der Waals surface area contributed by atoms with E-state index in [1.807, 2.05) is 0 Å². The Hall–Kier alpha value is -1.46. The van der Waals surface area contributed by atoms with Crippen LogP contribution in [0.15, 0.2) is 5.16 Å². The lowest BCUT2D eigenvalue weighted by Gasteiger charge is -2.32. The molecule has 80 valence electrons. The van der Waals surface area contributed by atoms with Crippen LogP contribution in [0, 0.1) is 5.92 Å². The van der Waals surface area contributed by atoms with Gasteiger partial charge in [-0.2, -0.15) is 0 Å². The molecule has 0 amide bonds. The Bertz CT molecular complexity index is 242. The Morgan fingerprint density at radius 3 is 2.93 bits per heavy atom. The molecule has 1 aliphatic rings. The van der Waals surface area contributed by atoms with Crippen LogP contribution in [0.5, 0.6) is 0 Å². The molecule has 6 nitrogen and oxygen atoms in total. The van der Waals surface area contributed by atoms with Gasteiger partial charge in [0, 0.05) is 19.5 Å². The largest absolute Gasteiger partial charge is 0.481 e. The zero-order valence-electron chi connectivity index (χ0n) is 7.89. The van der Waals surface area contributed by atoms with Gasteiger partial charge in [0.2, 0.25) is 5.96 Å². The maximum Gasteiger partial charge on any atom is 0.303 e. The first-order valence-electron chi connectivity index (χ1n) is 4.57. The summed E-state index contributed by atoms with van der Waals surface area (Å²) in [5.41, 5.74) is 5.42. The van der Waals surface area contributed by atoms with Crippen LogP contribution in [0.3, 0.4) is 0 Å². The SMILES string of the molecule is N/C(=N/O)N1CCCC(CC(=O)O)C1. The number of aliphatic carboxylic acids is 1. The summed E-state index contributed by atoms with van der Waals surface area (Å²) in [6, 6.07) is 0. The van der Waals surface area contributed by atoms with Gasteiger partial charge in [-0.15, -0.1) is 0 Å². The van der Waals surface area contributed by atoms with Gasteiger partial charge >= 0.3 is 5.97 Å². The van der Waals surface area contributed by atoms with Crippen LogP contribution in [0.25, 0.3) is 0 Å². The van der Waals surface area contributed by atoms with Crippen molar-refractivity contribution in [3.63, 3.8) is 0 Å². The number of hydrogen-bond acceptors (Lipinski definition) is 3. The predicted octanol–water partition coefficient (Wildman–Crippen LogP) is -0.123. The van der Waals surface area contributed by atoms with E-state index in [9.17, 15) is 4.79 Å². The molecule has 1 atom stereocenters. The molecule has 0 spiro atoms. The van der Waals surface area contributed by atoms with Gasteiger partial charge in [0.1, 0.15) is 0 Å². The predicted molar refractivity (Wildman–Crippen MR) is 50.0 cm³/mol. The Balaban J connectivity index is 2.47. The van der Waals surface area contributed by atoms with Gasteiger partial charge in [-0.05, 0) is 18.8 Å².